The van der Waals surface area contributed by atoms with Crippen molar-refractivity contribution in [2.45, 2.75) is 4.90 Å². The molecule has 0 spiro atoms. The summed E-state index contributed by atoms with van der Waals surface area (Å²) in [5.41, 5.74) is 0. The van der Waals surface area contributed by atoms with Crippen LogP contribution in [0.4, 0.5) is 5.82 Å². The van der Waals surface area contributed by atoms with Gasteiger partial charge in [-0.1, -0.05) is 6.07 Å². The zero-order valence-corrected chi connectivity index (χ0v) is 12.4. The third-order valence-electron chi connectivity index (χ3n) is 2.34. The van der Waals surface area contributed by atoms with Crippen molar-refractivity contribution in [3.63, 3.8) is 0 Å². The first-order valence-electron chi connectivity index (χ1n) is 5.30. The van der Waals surface area contributed by atoms with E-state index in [4.69, 9.17) is 4.74 Å². The third-order valence-corrected chi connectivity index (χ3v) is 4.31. The van der Waals surface area contributed by atoms with E-state index in [1.165, 1.54) is 25.4 Å². The van der Waals surface area contributed by atoms with E-state index in [2.05, 4.69) is 25.6 Å². The van der Waals surface area contributed by atoms with Crippen LogP contribution in [0.2, 0.25) is 0 Å². The molecule has 0 unspecified atom stereocenters. The van der Waals surface area contributed by atoms with E-state index in [9.17, 15) is 8.42 Å². The second kappa shape index (κ2) is 5.58. The topological polar surface area (TPSA) is 68.3 Å². The van der Waals surface area contributed by atoms with Crippen molar-refractivity contribution < 1.29 is 13.2 Å². The van der Waals surface area contributed by atoms with Gasteiger partial charge in [-0.3, -0.25) is 4.72 Å². The molecule has 2 rings (SSSR count). The van der Waals surface area contributed by atoms with Crippen molar-refractivity contribution in [3.8, 4) is 5.75 Å². The first-order chi connectivity index (χ1) is 9.03. The Hall–Kier alpha value is -1.60. The van der Waals surface area contributed by atoms with Gasteiger partial charge in [0.15, 0.2) is 0 Å². The summed E-state index contributed by atoms with van der Waals surface area (Å²) < 4.78 is 32.3. The lowest BCUT2D eigenvalue weighted by Crippen LogP contribution is -2.13. The largest absolute Gasteiger partial charge is 0.496 e. The molecule has 1 aromatic carbocycles. The molecule has 100 valence electrons. The van der Waals surface area contributed by atoms with Crippen molar-refractivity contribution in [2.75, 3.05) is 11.8 Å². The number of methoxy groups -OCH3 is 1. The zero-order valence-electron chi connectivity index (χ0n) is 10.00. The lowest BCUT2D eigenvalue weighted by atomic mass is 10.3. The molecule has 0 atom stereocenters. The zero-order chi connectivity index (χ0) is 13.9. The molecule has 0 saturated carbocycles. The van der Waals surface area contributed by atoms with Crippen LogP contribution in [0.15, 0.2) is 52.0 Å². The highest BCUT2D eigenvalue weighted by atomic mass is 79.9. The molecule has 0 radical (unpaired) electrons. The number of rotatable bonds is 4. The number of ether oxygens (including phenoxy) is 1. The van der Waals surface area contributed by atoms with Crippen LogP contribution in [-0.4, -0.2) is 20.5 Å². The number of aromatic nitrogens is 1. The van der Waals surface area contributed by atoms with E-state index in [0.717, 1.165) is 0 Å². The van der Waals surface area contributed by atoms with E-state index < -0.39 is 10.0 Å². The number of nitrogens with one attached hydrogen (secondary N) is 1. The van der Waals surface area contributed by atoms with Crippen LogP contribution in [0.25, 0.3) is 0 Å². The summed E-state index contributed by atoms with van der Waals surface area (Å²) in [7, 11) is -2.14. The molecule has 1 heterocycles. The molecule has 1 N–H and O–H groups in total. The smallest absolute Gasteiger partial charge is 0.263 e. The Kier molecular flexibility index (Phi) is 4.06. The van der Waals surface area contributed by atoms with Gasteiger partial charge in [0.1, 0.15) is 11.6 Å². The molecule has 0 aliphatic carbocycles. The van der Waals surface area contributed by atoms with Crippen molar-refractivity contribution in [1.29, 1.82) is 0 Å². The minimum absolute atomic E-state index is 0.130. The Bertz CT molecular complexity index is 675. The maximum Gasteiger partial charge on any atom is 0.263 e. The molecule has 1 aromatic heterocycles. The molecule has 0 aliphatic rings. The molecule has 0 aliphatic heterocycles. The lowest BCUT2D eigenvalue weighted by molar-refractivity contribution is 0.411. The van der Waals surface area contributed by atoms with Gasteiger partial charge in [-0.25, -0.2) is 13.4 Å². The number of nitrogens with zero attached hydrogens (tertiary/aromatic N) is 1. The van der Waals surface area contributed by atoms with Crippen LogP contribution in [0.5, 0.6) is 5.75 Å². The average molecular weight is 343 g/mol. The van der Waals surface area contributed by atoms with Crippen LogP contribution in [0, 0.1) is 0 Å². The first-order valence-corrected chi connectivity index (χ1v) is 7.58. The monoisotopic (exact) mass is 342 g/mol. The number of sulfonamides is 1. The summed E-state index contributed by atoms with van der Waals surface area (Å²) in [4.78, 5) is 4.05. The Labute approximate surface area is 119 Å². The fourth-order valence-electron chi connectivity index (χ4n) is 1.43. The number of hydrogen-bond donors (Lipinski definition) is 1. The number of halogens is 1. The minimum atomic E-state index is -3.66. The van der Waals surface area contributed by atoms with E-state index >= 15 is 0 Å². The maximum atomic E-state index is 12.1. The SMILES string of the molecule is COc1ccc(S(=O)(=O)Nc2ccccn2)cc1Br. The minimum Gasteiger partial charge on any atom is -0.496 e. The summed E-state index contributed by atoms with van der Waals surface area (Å²) in [6, 6.07) is 9.52. The van der Waals surface area contributed by atoms with Gasteiger partial charge in [-0.05, 0) is 46.3 Å². The summed E-state index contributed by atoms with van der Waals surface area (Å²) in [5, 5.41) is 0. The standard InChI is InChI=1S/C12H11BrN2O3S/c1-18-11-6-5-9(8-10(11)13)19(16,17)15-12-4-2-3-7-14-12/h2-8H,1H3,(H,14,15). The van der Waals surface area contributed by atoms with Crippen molar-refractivity contribution in [3.05, 3.63) is 47.1 Å². The van der Waals surface area contributed by atoms with Gasteiger partial charge < -0.3 is 4.74 Å². The van der Waals surface area contributed by atoms with Crippen molar-refractivity contribution >= 4 is 31.8 Å². The van der Waals surface area contributed by atoms with Gasteiger partial charge in [-0.15, -0.1) is 0 Å². The molecular weight excluding hydrogens is 332 g/mol. The van der Waals surface area contributed by atoms with Crippen LogP contribution in [0.3, 0.4) is 0 Å². The highest BCUT2D eigenvalue weighted by molar-refractivity contribution is 9.10. The Morgan fingerprint density at radius 2 is 2.05 bits per heavy atom. The molecule has 0 bridgehead atoms. The fourth-order valence-corrected chi connectivity index (χ4v) is 3.16. The molecule has 0 saturated heterocycles. The van der Waals surface area contributed by atoms with Gasteiger partial charge in [0, 0.05) is 6.20 Å². The van der Waals surface area contributed by atoms with Gasteiger partial charge in [0.05, 0.1) is 16.5 Å². The highest BCUT2D eigenvalue weighted by Gasteiger charge is 2.16. The molecule has 5 nitrogen and oxygen atoms in total. The van der Waals surface area contributed by atoms with Gasteiger partial charge in [-0.2, -0.15) is 0 Å². The summed E-state index contributed by atoms with van der Waals surface area (Å²) in [5.74, 6) is 0.839. The first kappa shape index (κ1) is 13.8. The van der Waals surface area contributed by atoms with Gasteiger partial charge in [0.2, 0.25) is 0 Å². The van der Waals surface area contributed by atoms with E-state index in [1.54, 1.807) is 24.3 Å². The maximum absolute atomic E-state index is 12.1. The van der Waals surface area contributed by atoms with Crippen LogP contribution in [-0.2, 0) is 10.0 Å². The molecule has 19 heavy (non-hydrogen) atoms. The second-order valence-corrected chi connectivity index (χ2v) is 6.15. The van der Waals surface area contributed by atoms with Gasteiger partial charge >= 0.3 is 0 Å². The second-order valence-electron chi connectivity index (χ2n) is 3.62. The van der Waals surface area contributed by atoms with Crippen LogP contribution >= 0.6 is 15.9 Å². The predicted octanol–water partition coefficient (Wildman–Crippen LogP) is 2.65. The lowest BCUT2D eigenvalue weighted by Gasteiger charge is -2.09. The van der Waals surface area contributed by atoms with E-state index in [1.807, 2.05) is 0 Å². The normalized spacial score (nSPS) is 11.1. The average Bonchev–Trinajstić information content (AvgIpc) is 2.39. The number of benzene rings is 1. The van der Waals surface area contributed by atoms with E-state index in [-0.39, 0.29) is 10.7 Å². The molecule has 0 amide bonds. The highest BCUT2D eigenvalue weighted by Crippen LogP contribution is 2.28. The molecule has 2 aromatic rings. The van der Waals surface area contributed by atoms with Crippen molar-refractivity contribution in [2.24, 2.45) is 0 Å². The Balaban J connectivity index is 2.32. The Morgan fingerprint density at radius 3 is 2.63 bits per heavy atom. The molecule has 7 heteroatoms. The number of hydrogen-bond acceptors (Lipinski definition) is 4. The summed E-state index contributed by atoms with van der Waals surface area (Å²) >= 11 is 3.25. The van der Waals surface area contributed by atoms with Crippen LogP contribution < -0.4 is 9.46 Å². The van der Waals surface area contributed by atoms with Crippen molar-refractivity contribution in [1.82, 2.24) is 4.98 Å². The summed E-state index contributed by atoms with van der Waals surface area (Å²) in [6.07, 6.45) is 1.52. The van der Waals surface area contributed by atoms with Gasteiger partial charge in [0.25, 0.3) is 10.0 Å². The predicted molar refractivity (Wildman–Crippen MR) is 75.7 cm³/mol. The molecular formula is C12H11BrN2O3S. The van der Waals surface area contributed by atoms with E-state index in [0.29, 0.717) is 10.2 Å². The summed E-state index contributed by atoms with van der Waals surface area (Å²) in [6.45, 7) is 0. The molecule has 0 fully saturated rings. The quantitative estimate of drug-likeness (QED) is 0.927. The Morgan fingerprint density at radius 1 is 1.26 bits per heavy atom. The number of anilines is 1. The van der Waals surface area contributed by atoms with Crippen LogP contribution in [0.1, 0.15) is 0 Å². The fraction of sp³-hybridized carbons (Fsp3) is 0.0833. The number of pyridine rings is 1. The third kappa shape index (κ3) is 3.24.